The average Bonchev–Trinajstić information content (AvgIpc) is 2.89. The van der Waals surface area contributed by atoms with Crippen LogP contribution < -0.4 is 10.1 Å². The van der Waals surface area contributed by atoms with Gasteiger partial charge in [-0.05, 0) is 49.1 Å². The third kappa shape index (κ3) is 5.49. The monoisotopic (exact) mass is 357 g/mol. The van der Waals surface area contributed by atoms with Crippen molar-refractivity contribution in [3.8, 4) is 5.75 Å². The molecule has 0 amide bonds. The first-order valence-corrected chi connectivity index (χ1v) is 9.79. The fourth-order valence-corrected chi connectivity index (χ4v) is 3.69. The van der Waals surface area contributed by atoms with E-state index in [9.17, 15) is 0 Å². The average molecular weight is 358 g/mol. The summed E-state index contributed by atoms with van der Waals surface area (Å²) in [6.45, 7) is 3.52. The van der Waals surface area contributed by atoms with Crippen LogP contribution in [0.2, 0.25) is 5.02 Å². The summed E-state index contributed by atoms with van der Waals surface area (Å²) in [7, 11) is 0. The third-order valence-electron chi connectivity index (χ3n) is 5.10. The topological polar surface area (TPSA) is 21.3 Å². The van der Waals surface area contributed by atoms with E-state index in [2.05, 4.69) is 36.5 Å². The van der Waals surface area contributed by atoms with Crippen LogP contribution >= 0.6 is 11.6 Å². The Labute approximate surface area is 156 Å². The van der Waals surface area contributed by atoms with Crippen molar-refractivity contribution in [1.29, 1.82) is 0 Å². The summed E-state index contributed by atoms with van der Waals surface area (Å²) in [4.78, 5) is 0. The molecule has 3 heteroatoms. The largest absolute Gasteiger partial charge is 0.489 e. The summed E-state index contributed by atoms with van der Waals surface area (Å²) in [6.07, 6.45) is 7.98. The number of halogens is 1. The summed E-state index contributed by atoms with van der Waals surface area (Å²) in [5.41, 5.74) is 3.63. The van der Waals surface area contributed by atoms with E-state index < -0.39 is 0 Å². The summed E-state index contributed by atoms with van der Waals surface area (Å²) in [5.74, 6) is 0.925. The van der Waals surface area contributed by atoms with Crippen molar-refractivity contribution in [3.63, 3.8) is 0 Å². The fourth-order valence-electron chi connectivity index (χ4n) is 3.49. The molecule has 0 bridgehead atoms. The van der Waals surface area contributed by atoms with E-state index in [1.54, 1.807) is 0 Å². The molecule has 0 radical (unpaired) electrons. The zero-order valence-electron chi connectivity index (χ0n) is 15.1. The first-order chi connectivity index (χ1) is 12.2. The van der Waals surface area contributed by atoms with E-state index in [4.69, 9.17) is 16.3 Å². The molecule has 1 saturated carbocycles. The van der Waals surface area contributed by atoms with Crippen molar-refractivity contribution in [1.82, 2.24) is 5.32 Å². The van der Waals surface area contributed by atoms with Gasteiger partial charge in [0.1, 0.15) is 12.4 Å². The maximum absolute atomic E-state index is 6.22. The lowest BCUT2D eigenvalue weighted by Crippen LogP contribution is -2.28. The molecule has 2 nitrogen and oxygen atoms in total. The van der Waals surface area contributed by atoms with Crippen LogP contribution in [-0.4, -0.2) is 6.04 Å². The van der Waals surface area contributed by atoms with E-state index >= 15 is 0 Å². The van der Waals surface area contributed by atoms with Crippen molar-refractivity contribution in [2.75, 3.05) is 0 Å². The van der Waals surface area contributed by atoms with E-state index in [1.165, 1.54) is 49.7 Å². The lowest BCUT2D eigenvalue weighted by atomic mass is 10.1. The normalized spacial score (nSPS) is 15.8. The van der Waals surface area contributed by atoms with Gasteiger partial charge in [-0.15, -0.1) is 0 Å². The number of nitrogens with one attached hydrogen (secondary N) is 1. The molecule has 25 heavy (non-hydrogen) atoms. The van der Waals surface area contributed by atoms with Crippen molar-refractivity contribution in [2.45, 2.75) is 64.6 Å². The molecule has 2 aromatic rings. The van der Waals surface area contributed by atoms with Crippen molar-refractivity contribution in [2.24, 2.45) is 0 Å². The SMILES string of the molecule is Cc1ccccc1COc1ccc(Cl)cc1CNC1CCCCCC1. The van der Waals surface area contributed by atoms with E-state index in [0.29, 0.717) is 12.6 Å². The Morgan fingerprint density at radius 2 is 1.76 bits per heavy atom. The molecule has 0 unspecified atom stereocenters. The zero-order valence-corrected chi connectivity index (χ0v) is 15.8. The first-order valence-electron chi connectivity index (χ1n) is 9.41. The van der Waals surface area contributed by atoms with Crippen LogP contribution in [0.15, 0.2) is 42.5 Å². The summed E-state index contributed by atoms with van der Waals surface area (Å²) in [6, 6.07) is 14.9. The van der Waals surface area contributed by atoms with Crippen LogP contribution in [0.25, 0.3) is 0 Å². The molecule has 1 N–H and O–H groups in total. The van der Waals surface area contributed by atoms with Gasteiger partial charge in [0.2, 0.25) is 0 Å². The predicted octanol–water partition coefficient (Wildman–Crippen LogP) is 6.04. The Morgan fingerprint density at radius 1 is 1.00 bits per heavy atom. The maximum Gasteiger partial charge on any atom is 0.124 e. The highest BCUT2D eigenvalue weighted by Gasteiger charge is 2.13. The molecule has 2 aromatic carbocycles. The Bertz CT molecular complexity index is 677. The summed E-state index contributed by atoms with van der Waals surface area (Å²) >= 11 is 6.22. The van der Waals surface area contributed by atoms with Crippen LogP contribution in [0.5, 0.6) is 5.75 Å². The van der Waals surface area contributed by atoms with Gasteiger partial charge in [0.15, 0.2) is 0 Å². The number of aryl methyl sites for hydroxylation is 1. The molecule has 1 aliphatic rings. The van der Waals surface area contributed by atoms with Crippen molar-refractivity contribution in [3.05, 3.63) is 64.2 Å². The highest BCUT2D eigenvalue weighted by Crippen LogP contribution is 2.25. The van der Waals surface area contributed by atoms with Gasteiger partial charge >= 0.3 is 0 Å². The molecule has 0 saturated heterocycles. The van der Waals surface area contributed by atoms with E-state index in [1.807, 2.05) is 18.2 Å². The van der Waals surface area contributed by atoms with Gasteiger partial charge in [-0.2, -0.15) is 0 Å². The molecular weight excluding hydrogens is 330 g/mol. The van der Waals surface area contributed by atoms with Crippen LogP contribution in [0.4, 0.5) is 0 Å². The molecule has 3 rings (SSSR count). The van der Waals surface area contributed by atoms with Crippen LogP contribution in [0.1, 0.15) is 55.2 Å². The van der Waals surface area contributed by atoms with Gasteiger partial charge in [0.05, 0.1) is 0 Å². The third-order valence-corrected chi connectivity index (χ3v) is 5.34. The Morgan fingerprint density at radius 3 is 2.52 bits per heavy atom. The zero-order chi connectivity index (χ0) is 17.5. The van der Waals surface area contributed by atoms with Crippen LogP contribution in [-0.2, 0) is 13.2 Å². The highest BCUT2D eigenvalue weighted by atomic mass is 35.5. The van der Waals surface area contributed by atoms with Gasteiger partial charge in [0, 0.05) is 23.2 Å². The molecule has 0 atom stereocenters. The Kier molecular flexibility index (Phi) is 6.77. The summed E-state index contributed by atoms with van der Waals surface area (Å²) < 4.78 is 6.12. The molecular formula is C22H28ClNO. The summed E-state index contributed by atoms with van der Waals surface area (Å²) in [5, 5.41) is 4.48. The highest BCUT2D eigenvalue weighted by molar-refractivity contribution is 6.30. The quantitative estimate of drug-likeness (QED) is 0.636. The number of rotatable bonds is 6. The maximum atomic E-state index is 6.22. The van der Waals surface area contributed by atoms with Gasteiger partial charge in [-0.1, -0.05) is 61.5 Å². The number of benzene rings is 2. The predicted molar refractivity (Wildman–Crippen MR) is 105 cm³/mol. The number of ether oxygens (including phenoxy) is 1. The lowest BCUT2D eigenvalue weighted by molar-refractivity contribution is 0.300. The lowest BCUT2D eigenvalue weighted by Gasteiger charge is -2.18. The van der Waals surface area contributed by atoms with E-state index in [-0.39, 0.29) is 0 Å². The fraction of sp³-hybridized carbons (Fsp3) is 0.455. The second-order valence-corrected chi connectivity index (χ2v) is 7.47. The van der Waals surface area contributed by atoms with Gasteiger partial charge in [-0.25, -0.2) is 0 Å². The minimum atomic E-state index is 0.588. The smallest absolute Gasteiger partial charge is 0.124 e. The molecule has 1 aliphatic carbocycles. The molecule has 0 aliphatic heterocycles. The van der Waals surface area contributed by atoms with Gasteiger partial charge < -0.3 is 10.1 Å². The van der Waals surface area contributed by atoms with Gasteiger partial charge in [-0.3, -0.25) is 0 Å². The second kappa shape index (κ2) is 9.26. The Balaban J connectivity index is 1.64. The minimum absolute atomic E-state index is 0.588. The number of hydrogen-bond donors (Lipinski definition) is 1. The second-order valence-electron chi connectivity index (χ2n) is 7.04. The van der Waals surface area contributed by atoms with Gasteiger partial charge in [0.25, 0.3) is 0 Å². The minimum Gasteiger partial charge on any atom is -0.489 e. The van der Waals surface area contributed by atoms with E-state index in [0.717, 1.165) is 22.9 Å². The van der Waals surface area contributed by atoms with Crippen molar-refractivity contribution >= 4 is 11.6 Å². The molecule has 1 fully saturated rings. The molecule has 0 heterocycles. The number of hydrogen-bond acceptors (Lipinski definition) is 2. The molecule has 0 spiro atoms. The van der Waals surface area contributed by atoms with Crippen LogP contribution in [0, 0.1) is 6.92 Å². The first kappa shape index (κ1) is 18.3. The Hall–Kier alpha value is -1.51. The van der Waals surface area contributed by atoms with Crippen molar-refractivity contribution < 1.29 is 4.74 Å². The van der Waals surface area contributed by atoms with Crippen LogP contribution in [0.3, 0.4) is 0 Å². The molecule has 134 valence electrons. The molecule has 0 aromatic heterocycles. The standard InChI is InChI=1S/C22H28ClNO/c1-17-8-6-7-9-18(17)16-25-22-13-12-20(23)14-19(22)15-24-21-10-4-2-3-5-11-21/h6-9,12-14,21,24H,2-5,10-11,15-16H2,1H3.